The molecule has 0 bridgehead atoms. The topological polar surface area (TPSA) is 42.0 Å². The normalized spacial score (nSPS) is 10.1. The van der Waals surface area contributed by atoms with Gasteiger partial charge in [-0.1, -0.05) is 13.3 Å². The zero-order valence-corrected chi connectivity index (χ0v) is 9.97. The number of hydrogen-bond acceptors (Lipinski definition) is 2. The summed E-state index contributed by atoms with van der Waals surface area (Å²) < 4.78 is 13.1. The second-order valence-electron chi connectivity index (χ2n) is 3.14. The highest BCUT2D eigenvalue weighted by Crippen LogP contribution is 2.20. The zero-order valence-electron chi connectivity index (χ0n) is 8.39. The van der Waals surface area contributed by atoms with E-state index < -0.39 is 5.82 Å². The lowest BCUT2D eigenvalue weighted by atomic mass is 10.2. The zero-order chi connectivity index (χ0) is 11.3. The van der Waals surface area contributed by atoms with E-state index in [9.17, 15) is 9.18 Å². The molecule has 82 valence electrons. The summed E-state index contributed by atoms with van der Waals surface area (Å²) in [6.45, 7) is 2.01. The summed E-state index contributed by atoms with van der Waals surface area (Å²) in [5.41, 5.74) is 0. The first-order valence-corrected chi connectivity index (χ1v) is 5.53. The molecule has 0 unspecified atom stereocenters. The molecule has 0 aliphatic rings. The first-order chi connectivity index (χ1) is 7.13. The Labute approximate surface area is 96.2 Å². The van der Waals surface area contributed by atoms with E-state index in [2.05, 4.69) is 26.2 Å². The molecule has 3 nitrogen and oxygen atoms in total. The van der Waals surface area contributed by atoms with Gasteiger partial charge in [-0.2, -0.15) is 0 Å². The van der Waals surface area contributed by atoms with Crippen molar-refractivity contribution >= 4 is 27.7 Å². The molecule has 0 fully saturated rings. The van der Waals surface area contributed by atoms with Crippen molar-refractivity contribution < 1.29 is 9.18 Å². The minimum Gasteiger partial charge on any atom is -0.310 e. The molecule has 1 amide bonds. The van der Waals surface area contributed by atoms with Crippen molar-refractivity contribution in [1.82, 2.24) is 4.98 Å². The molecule has 0 saturated heterocycles. The molecule has 0 aromatic carbocycles. The Morgan fingerprint density at radius 1 is 1.67 bits per heavy atom. The van der Waals surface area contributed by atoms with Gasteiger partial charge >= 0.3 is 0 Å². The number of amides is 1. The summed E-state index contributed by atoms with van der Waals surface area (Å²) in [6.07, 6.45) is 3.33. The number of hydrogen-bond donors (Lipinski definition) is 1. The highest BCUT2D eigenvalue weighted by Gasteiger charge is 2.06. The number of halogens is 2. The lowest BCUT2D eigenvalue weighted by Crippen LogP contribution is -2.12. The monoisotopic (exact) mass is 274 g/mol. The van der Waals surface area contributed by atoms with Crippen LogP contribution in [0.15, 0.2) is 16.7 Å². The minimum atomic E-state index is -0.437. The van der Waals surface area contributed by atoms with Crippen LogP contribution in [0.1, 0.15) is 26.2 Å². The molecule has 1 aromatic rings. The number of rotatable bonds is 4. The summed E-state index contributed by atoms with van der Waals surface area (Å²) in [5, 5.41) is 2.61. The predicted octanol–water partition coefficient (Wildman–Crippen LogP) is 3.11. The van der Waals surface area contributed by atoms with Gasteiger partial charge in [0.2, 0.25) is 5.91 Å². The molecule has 1 aromatic heterocycles. The fourth-order valence-corrected chi connectivity index (χ4v) is 1.46. The molecule has 0 atom stereocenters. The summed E-state index contributed by atoms with van der Waals surface area (Å²) in [5.74, 6) is -0.178. The highest BCUT2D eigenvalue weighted by molar-refractivity contribution is 9.10. The SMILES string of the molecule is CCCCC(=O)Nc1ncc(F)cc1Br. The van der Waals surface area contributed by atoms with E-state index in [0.29, 0.717) is 16.7 Å². The molecule has 0 spiro atoms. The van der Waals surface area contributed by atoms with Gasteiger partial charge < -0.3 is 5.32 Å². The van der Waals surface area contributed by atoms with E-state index in [4.69, 9.17) is 0 Å². The average molecular weight is 275 g/mol. The van der Waals surface area contributed by atoms with Crippen molar-refractivity contribution in [1.29, 1.82) is 0 Å². The van der Waals surface area contributed by atoms with Crippen LogP contribution in [-0.4, -0.2) is 10.9 Å². The average Bonchev–Trinajstić information content (AvgIpc) is 2.19. The number of unbranched alkanes of at least 4 members (excludes halogenated alkanes) is 1. The van der Waals surface area contributed by atoms with Gasteiger partial charge in [0.15, 0.2) is 0 Å². The van der Waals surface area contributed by atoms with Gasteiger partial charge in [-0.3, -0.25) is 4.79 Å². The second-order valence-corrected chi connectivity index (χ2v) is 3.99. The Morgan fingerprint density at radius 3 is 3.00 bits per heavy atom. The summed E-state index contributed by atoms with van der Waals surface area (Å²) in [6, 6.07) is 1.27. The molecular weight excluding hydrogens is 263 g/mol. The van der Waals surface area contributed by atoms with E-state index in [0.717, 1.165) is 19.0 Å². The maximum Gasteiger partial charge on any atom is 0.225 e. The molecule has 15 heavy (non-hydrogen) atoms. The summed E-state index contributed by atoms with van der Waals surface area (Å²) in [7, 11) is 0. The van der Waals surface area contributed by atoms with Crippen LogP contribution in [-0.2, 0) is 4.79 Å². The van der Waals surface area contributed by atoms with Crippen molar-refractivity contribution in [2.75, 3.05) is 5.32 Å². The van der Waals surface area contributed by atoms with Gasteiger partial charge in [-0.05, 0) is 28.4 Å². The van der Waals surface area contributed by atoms with Gasteiger partial charge in [0.25, 0.3) is 0 Å². The summed E-state index contributed by atoms with van der Waals surface area (Å²) in [4.78, 5) is 15.1. The number of carbonyl (C=O) groups excluding carboxylic acids is 1. The fraction of sp³-hybridized carbons (Fsp3) is 0.400. The van der Waals surface area contributed by atoms with E-state index in [-0.39, 0.29) is 5.91 Å². The molecule has 1 N–H and O–H groups in total. The molecular formula is C10H12BrFN2O. The number of anilines is 1. The van der Waals surface area contributed by atoms with Crippen molar-refractivity contribution in [3.05, 3.63) is 22.6 Å². The Bertz CT molecular complexity index is 357. The lowest BCUT2D eigenvalue weighted by molar-refractivity contribution is -0.116. The van der Waals surface area contributed by atoms with E-state index in [1.54, 1.807) is 0 Å². The van der Waals surface area contributed by atoms with Crippen LogP contribution < -0.4 is 5.32 Å². The quantitative estimate of drug-likeness (QED) is 0.917. The number of nitrogens with zero attached hydrogens (tertiary/aromatic N) is 1. The van der Waals surface area contributed by atoms with Crippen molar-refractivity contribution in [2.24, 2.45) is 0 Å². The van der Waals surface area contributed by atoms with Crippen LogP contribution in [0, 0.1) is 5.82 Å². The van der Waals surface area contributed by atoms with Gasteiger partial charge in [-0.25, -0.2) is 9.37 Å². The Balaban J connectivity index is 2.60. The number of aromatic nitrogens is 1. The van der Waals surface area contributed by atoms with Crippen LogP contribution in [0.2, 0.25) is 0 Å². The van der Waals surface area contributed by atoms with E-state index in [1.165, 1.54) is 6.07 Å². The number of carbonyl (C=O) groups is 1. The minimum absolute atomic E-state index is 0.100. The molecule has 0 aliphatic carbocycles. The van der Waals surface area contributed by atoms with Gasteiger partial charge in [-0.15, -0.1) is 0 Å². The third-order valence-corrected chi connectivity index (χ3v) is 2.43. The second kappa shape index (κ2) is 5.80. The smallest absolute Gasteiger partial charge is 0.225 e. The lowest BCUT2D eigenvalue weighted by Gasteiger charge is -2.05. The van der Waals surface area contributed by atoms with Crippen molar-refractivity contribution in [3.63, 3.8) is 0 Å². The van der Waals surface area contributed by atoms with Crippen LogP contribution in [0.5, 0.6) is 0 Å². The molecule has 1 heterocycles. The largest absolute Gasteiger partial charge is 0.310 e. The highest BCUT2D eigenvalue weighted by atomic mass is 79.9. The molecule has 0 aliphatic heterocycles. The first-order valence-electron chi connectivity index (χ1n) is 4.74. The van der Waals surface area contributed by atoms with Crippen LogP contribution in [0.25, 0.3) is 0 Å². The van der Waals surface area contributed by atoms with Gasteiger partial charge in [0.1, 0.15) is 11.6 Å². The molecule has 5 heteroatoms. The van der Waals surface area contributed by atoms with Crippen LogP contribution in [0.3, 0.4) is 0 Å². The number of nitrogens with one attached hydrogen (secondary N) is 1. The molecule has 0 radical (unpaired) electrons. The van der Waals surface area contributed by atoms with Gasteiger partial charge in [0, 0.05) is 6.42 Å². The first kappa shape index (κ1) is 12.1. The predicted molar refractivity (Wildman–Crippen MR) is 60.0 cm³/mol. The van der Waals surface area contributed by atoms with Crippen LogP contribution in [0.4, 0.5) is 10.2 Å². The third kappa shape index (κ3) is 3.95. The Morgan fingerprint density at radius 2 is 2.40 bits per heavy atom. The fourth-order valence-electron chi connectivity index (χ4n) is 1.04. The maximum absolute atomic E-state index is 12.7. The van der Waals surface area contributed by atoms with Crippen molar-refractivity contribution in [2.45, 2.75) is 26.2 Å². The van der Waals surface area contributed by atoms with Crippen LogP contribution >= 0.6 is 15.9 Å². The standard InChI is InChI=1S/C10H12BrFN2O/c1-2-3-4-9(15)14-10-8(11)5-7(12)6-13-10/h5-6H,2-4H2,1H3,(H,13,14,15). The number of pyridine rings is 1. The Hall–Kier alpha value is -0.970. The summed E-state index contributed by atoms with van der Waals surface area (Å²) >= 11 is 3.13. The molecule has 0 saturated carbocycles. The third-order valence-electron chi connectivity index (χ3n) is 1.82. The van der Waals surface area contributed by atoms with E-state index in [1.807, 2.05) is 6.92 Å². The maximum atomic E-state index is 12.7. The van der Waals surface area contributed by atoms with E-state index >= 15 is 0 Å². The van der Waals surface area contributed by atoms with Crippen molar-refractivity contribution in [3.8, 4) is 0 Å². The Kier molecular flexibility index (Phi) is 4.68. The molecule has 1 rings (SSSR count). The van der Waals surface area contributed by atoms with Gasteiger partial charge in [0.05, 0.1) is 10.7 Å².